The molecule has 9 heteroatoms. The average Bonchev–Trinajstić information content (AvgIpc) is 2.89. The van der Waals surface area contributed by atoms with Crippen LogP contribution in [-0.2, 0) is 11.2 Å². The van der Waals surface area contributed by atoms with Crippen LogP contribution in [0.15, 0.2) is 36.4 Å². The number of carbonyl (C=O) groups is 3. The first-order valence-corrected chi connectivity index (χ1v) is 13.5. The van der Waals surface area contributed by atoms with Crippen molar-refractivity contribution in [3.05, 3.63) is 70.3 Å². The number of aliphatic hydroxyl groups is 1. The summed E-state index contributed by atoms with van der Waals surface area (Å²) in [5.74, 6) is -1.05. The minimum Gasteiger partial charge on any atom is -0.391 e. The van der Waals surface area contributed by atoms with Gasteiger partial charge in [0.1, 0.15) is 11.6 Å². The van der Waals surface area contributed by atoms with Crippen LogP contribution in [0.25, 0.3) is 0 Å². The van der Waals surface area contributed by atoms with Crippen molar-refractivity contribution < 1.29 is 28.3 Å². The third-order valence-corrected chi connectivity index (χ3v) is 6.43. The SMILES string of the molecule is C#CCNC(=O)[C@H](C)C[C@H](O)[C@H](Cc1cc(F)cc(F)c1)NC(=O)c1cc(C)cc(C(=O)N(CCC)CCC)c1. The Morgan fingerprint density at radius 3 is 2.17 bits per heavy atom. The van der Waals surface area contributed by atoms with E-state index in [-0.39, 0.29) is 42.3 Å². The van der Waals surface area contributed by atoms with E-state index in [2.05, 4.69) is 16.6 Å². The highest BCUT2D eigenvalue weighted by molar-refractivity contribution is 6.00. The topological polar surface area (TPSA) is 98.7 Å². The normalized spacial score (nSPS) is 13.1. The van der Waals surface area contributed by atoms with Crippen LogP contribution in [-0.4, -0.2) is 59.5 Å². The molecule has 0 radical (unpaired) electrons. The maximum absolute atomic E-state index is 13.9. The van der Waals surface area contributed by atoms with Gasteiger partial charge in [0.05, 0.1) is 18.7 Å². The summed E-state index contributed by atoms with van der Waals surface area (Å²) in [6.07, 6.45) is 5.40. The average molecular weight is 556 g/mol. The third kappa shape index (κ3) is 9.76. The van der Waals surface area contributed by atoms with Crippen molar-refractivity contribution in [3.63, 3.8) is 0 Å². The van der Waals surface area contributed by atoms with E-state index in [4.69, 9.17) is 6.42 Å². The predicted molar refractivity (Wildman–Crippen MR) is 151 cm³/mol. The van der Waals surface area contributed by atoms with Gasteiger partial charge >= 0.3 is 0 Å². The van der Waals surface area contributed by atoms with E-state index in [0.29, 0.717) is 24.2 Å². The summed E-state index contributed by atoms with van der Waals surface area (Å²) < 4.78 is 27.8. The van der Waals surface area contributed by atoms with Gasteiger partial charge in [0.25, 0.3) is 11.8 Å². The van der Waals surface area contributed by atoms with Gasteiger partial charge in [0, 0.05) is 36.2 Å². The molecule has 7 nitrogen and oxygen atoms in total. The van der Waals surface area contributed by atoms with Gasteiger partial charge in [-0.3, -0.25) is 14.4 Å². The maximum atomic E-state index is 13.9. The molecule has 0 unspecified atom stereocenters. The molecule has 216 valence electrons. The second-order valence-electron chi connectivity index (χ2n) is 10.1. The van der Waals surface area contributed by atoms with Crippen LogP contribution in [0.4, 0.5) is 8.78 Å². The van der Waals surface area contributed by atoms with Crippen LogP contribution in [0.5, 0.6) is 0 Å². The highest BCUT2D eigenvalue weighted by Gasteiger charge is 2.27. The lowest BCUT2D eigenvalue weighted by Crippen LogP contribution is -2.46. The number of benzene rings is 2. The Morgan fingerprint density at radius 2 is 1.60 bits per heavy atom. The second-order valence-corrected chi connectivity index (χ2v) is 10.1. The van der Waals surface area contributed by atoms with Gasteiger partial charge in [-0.15, -0.1) is 6.42 Å². The van der Waals surface area contributed by atoms with Crippen LogP contribution in [0.1, 0.15) is 71.9 Å². The molecule has 0 aliphatic heterocycles. The van der Waals surface area contributed by atoms with E-state index in [1.807, 2.05) is 13.8 Å². The first-order valence-electron chi connectivity index (χ1n) is 13.5. The fourth-order valence-corrected chi connectivity index (χ4v) is 4.54. The lowest BCUT2D eigenvalue weighted by Gasteiger charge is -2.27. The number of nitrogens with zero attached hydrogens (tertiary/aromatic N) is 1. The molecule has 0 aliphatic carbocycles. The summed E-state index contributed by atoms with van der Waals surface area (Å²) in [5.41, 5.74) is 1.50. The fraction of sp³-hybridized carbons (Fsp3) is 0.452. The molecule has 0 aliphatic rings. The third-order valence-electron chi connectivity index (χ3n) is 6.43. The molecule has 2 aromatic carbocycles. The van der Waals surface area contributed by atoms with Crippen LogP contribution in [0.2, 0.25) is 0 Å². The molecule has 3 N–H and O–H groups in total. The minimum atomic E-state index is -1.24. The summed E-state index contributed by atoms with van der Waals surface area (Å²) >= 11 is 0. The molecular formula is C31H39F2N3O4. The molecule has 3 amide bonds. The Morgan fingerprint density at radius 1 is 1.00 bits per heavy atom. The lowest BCUT2D eigenvalue weighted by atomic mass is 9.93. The first-order chi connectivity index (χ1) is 19.0. The Kier molecular flexibility index (Phi) is 12.8. The monoisotopic (exact) mass is 555 g/mol. The summed E-state index contributed by atoms with van der Waals surface area (Å²) in [6, 6.07) is 6.83. The zero-order chi connectivity index (χ0) is 29.8. The summed E-state index contributed by atoms with van der Waals surface area (Å²) in [5, 5.41) is 16.4. The van der Waals surface area contributed by atoms with E-state index >= 15 is 0 Å². The number of terminal acetylenes is 1. The van der Waals surface area contributed by atoms with Crippen molar-refractivity contribution in [2.45, 2.75) is 65.5 Å². The molecule has 0 heterocycles. The molecule has 0 saturated heterocycles. The molecule has 0 aromatic heterocycles. The molecule has 0 bridgehead atoms. The molecular weight excluding hydrogens is 516 g/mol. The van der Waals surface area contributed by atoms with Crippen molar-refractivity contribution >= 4 is 17.7 Å². The van der Waals surface area contributed by atoms with Crippen LogP contribution in [0.3, 0.4) is 0 Å². The number of hydrogen-bond acceptors (Lipinski definition) is 4. The number of aryl methyl sites for hydroxylation is 1. The van der Waals surface area contributed by atoms with Crippen LogP contribution in [0, 0.1) is 36.8 Å². The Balaban J connectivity index is 2.34. The maximum Gasteiger partial charge on any atom is 0.253 e. The molecule has 3 atom stereocenters. The van der Waals surface area contributed by atoms with Crippen LogP contribution < -0.4 is 10.6 Å². The van der Waals surface area contributed by atoms with Crippen molar-refractivity contribution in [1.29, 1.82) is 0 Å². The summed E-state index contributed by atoms with van der Waals surface area (Å²) in [7, 11) is 0. The van der Waals surface area contributed by atoms with Crippen molar-refractivity contribution in [2.24, 2.45) is 5.92 Å². The number of halogens is 2. The molecule has 0 fully saturated rings. The number of carbonyl (C=O) groups excluding carboxylic acids is 3. The highest BCUT2D eigenvalue weighted by atomic mass is 19.1. The smallest absolute Gasteiger partial charge is 0.253 e. The van der Waals surface area contributed by atoms with Crippen molar-refractivity contribution in [1.82, 2.24) is 15.5 Å². The summed E-state index contributed by atoms with van der Waals surface area (Å²) in [4.78, 5) is 40.6. The summed E-state index contributed by atoms with van der Waals surface area (Å²) in [6.45, 7) is 8.56. The van der Waals surface area contributed by atoms with Gasteiger partial charge in [-0.05, 0) is 74.1 Å². The number of aliphatic hydroxyl groups excluding tert-OH is 1. The van der Waals surface area contributed by atoms with E-state index in [1.54, 1.807) is 30.9 Å². The van der Waals surface area contributed by atoms with E-state index in [1.165, 1.54) is 6.07 Å². The lowest BCUT2D eigenvalue weighted by molar-refractivity contribution is -0.125. The zero-order valence-corrected chi connectivity index (χ0v) is 23.6. The fourth-order valence-electron chi connectivity index (χ4n) is 4.54. The zero-order valence-electron chi connectivity index (χ0n) is 23.6. The van der Waals surface area contributed by atoms with Crippen LogP contribution >= 0.6 is 0 Å². The van der Waals surface area contributed by atoms with Crippen molar-refractivity contribution in [3.8, 4) is 12.3 Å². The molecule has 2 rings (SSSR count). The molecule has 2 aromatic rings. The number of nitrogens with one attached hydrogen (secondary N) is 2. The van der Waals surface area contributed by atoms with Gasteiger partial charge < -0.3 is 20.6 Å². The number of rotatable bonds is 14. The van der Waals surface area contributed by atoms with Crippen molar-refractivity contribution in [2.75, 3.05) is 19.6 Å². The quantitative estimate of drug-likeness (QED) is 0.307. The van der Waals surface area contributed by atoms with Gasteiger partial charge in [-0.1, -0.05) is 26.7 Å². The molecule has 0 saturated carbocycles. The molecule has 40 heavy (non-hydrogen) atoms. The Hall–Kier alpha value is -3.77. The Bertz CT molecular complexity index is 1200. The Labute approximate surface area is 235 Å². The van der Waals surface area contributed by atoms with Gasteiger partial charge in [-0.25, -0.2) is 8.78 Å². The first kappa shape index (κ1) is 32.4. The van der Waals surface area contributed by atoms with E-state index in [0.717, 1.165) is 31.0 Å². The van der Waals surface area contributed by atoms with E-state index in [9.17, 15) is 28.3 Å². The predicted octanol–water partition coefficient (Wildman–Crippen LogP) is 4.01. The second kappa shape index (κ2) is 15.7. The number of hydrogen-bond donors (Lipinski definition) is 3. The van der Waals surface area contributed by atoms with Gasteiger partial charge in [-0.2, -0.15) is 0 Å². The molecule has 0 spiro atoms. The van der Waals surface area contributed by atoms with Gasteiger partial charge in [0.2, 0.25) is 5.91 Å². The van der Waals surface area contributed by atoms with Gasteiger partial charge in [0.15, 0.2) is 0 Å². The number of amides is 3. The largest absolute Gasteiger partial charge is 0.391 e. The van der Waals surface area contributed by atoms with E-state index < -0.39 is 35.6 Å². The highest BCUT2D eigenvalue weighted by Crippen LogP contribution is 2.18. The standard InChI is InChI=1S/C31H39F2N3O4/c1-6-9-34-29(38)21(5)14-28(37)27(17-22-15-25(32)19-26(33)16-22)35-30(39)23-12-20(4)13-24(18-23)31(40)36(10-7-2)11-8-3/h1,12-13,15-16,18-19,21,27-28,37H,7-11,14,17H2,2-5H3,(H,34,38)(H,35,39)/t21-,27+,28+/m1/s1. The minimum absolute atomic E-state index is 0.0321.